The number of hydrogen-bond donors (Lipinski definition) is 1. The maximum Gasteiger partial charge on any atom is 0.259 e. The van der Waals surface area contributed by atoms with Crippen molar-refractivity contribution in [1.29, 1.82) is 0 Å². The van der Waals surface area contributed by atoms with Crippen molar-refractivity contribution in [2.45, 2.75) is 39.2 Å². The molecule has 8 heteroatoms. The number of nitrogens with one attached hydrogen (secondary N) is 1. The number of amides is 1. The predicted octanol–water partition coefficient (Wildman–Crippen LogP) is 4.78. The van der Waals surface area contributed by atoms with Crippen molar-refractivity contribution in [1.82, 2.24) is 9.38 Å². The number of carbonyl (C=O) groups excluding carboxylic acids is 1. The van der Waals surface area contributed by atoms with Crippen molar-refractivity contribution in [3.05, 3.63) is 86.3 Å². The molecule has 34 heavy (non-hydrogen) atoms. The van der Waals surface area contributed by atoms with Crippen LogP contribution in [0.1, 0.15) is 45.0 Å². The average molecular weight is 476 g/mol. The number of methoxy groups -OCH3 is 1. The van der Waals surface area contributed by atoms with Crippen molar-refractivity contribution >= 4 is 27.9 Å². The van der Waals surface area contributed by atoms with Crippen LogP contribution in [0.4, 0.5) is 5.69 Å². The number of anilines is 1. The third-order valence-corrected chi connectivity index (χ3v) is 7.07. The highest BCUT2D eigenvalue weighted by Crippen LogP contribution is 2.29. The molecule has 0 atom stereocenters. The summed E-state index contributed by atoms with van der Waals surface area (Å²) in [5.41, 5.74) is 3.66. The standard InChI is InChI=1S/C26H25N3O4S/c1-16-7-12-22(20(13-16)28-25(31)17-8-10-19(32-2)11-9-17)33-15-18-14-24(30)29-21-5-3-4-6-23(21)34-26(29)27-18/h7-14H,3-6,15H2,1-2H3,(H,28,31). The second-order valence-corrected chi connectivity index (χ2v) is 9.42. The molecule has 1 amide bonds. The fourth-order valence-corrected chi connectivity index (χ4v) is 5.40. The van der Waals surface area contributed by atoms with E-state index in [-0.39, 0.29) is 18.1 Å². The van der Waals surface area contributed by atoms with E-state index in [1.54, 1.807) is 53.2 Å². The normalized spacial score (nSPS) is 12.9. The predicted molar refractivity (Wildman–Crippen MR) is 132 cm³/mol. The minimum Gasteiger partial charge on any atom is -0.497 e. The first kappa shape index (κ1) is 22.2. The van der Waals surface area contributed by atoms with Crippen molar-refractivity contribution in [2.75, 3.05) is 12.4 Å². The van der Waals surface area contributed by atoms with E-state index in [4.69, 9.17) is 9.47 Å². The molecular formula is C26H25N3O4S. The lowest BCUT2D eigenvalue weighted by molar-refractivity contribution is 0.102. The molecule has 5 rings (SSSR count). The van der Waals surface area contributed by atoms with Crippen LogP contribution in [0.2, 0.25) is 0 Å². The third kappa shape index (κ3) is 4.41. The smallest absolute Gasteiger partial charge is 0.259 e. The van der Waals surface area contributed by atoms with Gasteiger partial charge in [0.25, 0.3) is 11.5 Å². The molecule has 2 aromatic carbocycles. The van der Waals surface area contributed by atoms with Gasteiger partial charge in [-0.25, -0.2) is 4.98 Å². The molecule has 0 aliphatic heterocycles. The molecular weight excluding hydrogens is 450 g/mol. The van der Waals surface area contributed by atoms with E-state index in [0.717, 1.165) is 41.9 Å². The van der Waals surface area contributed by atoms with E-state index in [0.29, 0.717) is 28.4 Å². The fourth-order valence-electron chi connectivity index (χ4n) is 4.17. The summed E-state index contributed by atoms with van der Waals surface area (Å²) in [7, 11) is 1.58. The van der Waals surface area contributed by atoms with E-state index in [9.17, 15) is 9.59 Å². The molecule has 0 radical (unpaired) electrons. The van der Waals surface area contributed by atoms with Crippen LogP contribution in [0.5, 0.6) is 11.5 Å². The number of nitrogens with zero attached hydrogens (tertiary/aromatic N) is 2. The second kappa shape index (κ2) is 9.30. The number of hydrogen-bond acceptors (Lipinski definition) is 6. The number of aryl methyl sites for hydroxylation is 3. The molecule has 1 N–H and O–H groups in total. The van der Waals surface area contributed by atoms with Gasteiger partial charge in [0, 0.05) is 22.2 Å². The summed E-state index contributed by atoms with van der Waals surface area (Å²) in [6, 6.07) is 14.0. The van der Waals surface area contributed by atoms with Crippen molar-refractivity contribution in [2.24, 2.45) is 0 Å². The zero-order chi connectivity index (χ0) is 23.7. The first-order valence-electron chi connectivity index (χ1n) is 11.2. The Balaban J connectivity index is 1.36. The number of carbonyl (C=O) groups is 1. The van der Waals surface area contributed by atoms with Gasteiger partial charge in [0.05, 0.1) is 18.5 Å². The molecule has 0 saturated carbocycles. The van der Waals surface area contributed by atoms with Gasteiger partial charge in [0.1, 0.15) is 18.1 Å². The minimum atomic E-state index is -0.250. The Morgan fingerprint density at radius 1 is 1.12 bits per heavy atom. The highest BCUT2D eigenvalue weighted by Gasteiger charge is 2.19. The maximum absolute atomic E-state index is 12.8. The zero-order valence-electron chi connectivity index (χ0n) is 19.1. The number of rotatable bonds is 6. The summed E-state index contributed by atoms with van der Waals surface area (Å²) in [4.78, 5) is 32.3. The summed E-state index contributed by atoms with van der Waals surface area (Å²) >= 11 is 1.59. The van der Waals surface area contributed by atoms with E-state index in [1.165, 1.54) is 4.88 Å². The van der Waals surface area contributed by atoms with Crippen LogP contribution >= 0.6 is 11.3 Å². The molecule has 2 aromatic heterocycles. The van der Waals surface area contributed by atoms with Gasteiger partial charge in [0.15, 0.2) is 4.96 Å². The summed E-state index contributed by atoms with van der Waals surface area (Å²) in [6.45, 7) is 2.07. The Morgan fingerprint density at radius 3 is 2.71 bits per heavy atom. The molecule has 174 valence electrons. The molecule has 2 heterocycles. The summed E-state index contributed by atoms with van der Waals surface area (Å²) in [5.74, 6) is 0.947. The molecule has 0 spiro atoms. The van der Waals surface area contributed by atoms with Crippen LogP contribution in [0.15, 0.2) is 53.3 Å². The summed E-state index contributed by atoms with van der Waals surface area (Å²) < 4.78 is 12.9. The number of fused-ring (bicyclic) bond motifs is 3. The van der Waals surface area contributed by atoms with Gasteiger partial charge in [-0.3, -0.25) is 14.0 Å². The first-order chi connectivity index (χ1) is 16.5. The van der Waals surface area contributed by atoms with Gasteiger partial charge in [0.2, 0.25) is 0 Å². The number of aromatic nitrogens is 2. The minimum absolute atomic E-state index is 0.0695. The van der Waals surface area contributed by atoms with Crippen molar-refractivity contribution < 1.29 is 14.3 Å². The van der Waals surface area contributed by atoms with Gasteiger partial charge in [-0.05, 0) is 74.6 Å². The van der Waals surface area contributed by atoms with Crippen molar-refractivity contribution in [3.63, 3.8) is 0 Å². The van der Waals surface area contributed by atoms with Crippen LogP contribution in [0, 0.1) is 6.92 Å². The Kier molecular flexibility index (Phi) is 6.06. The number of thiazole rings is 1. The molecule has 0 saturated heterocycles. The number of ether oxygens (including phenoxy) is 2. The van der Waals surface area contributed by atoms with Crippen LogP contribution in [0.3, 0.4) is 0 Å². The van der Waals surface area contributed by atoms with Gasteiger partial charge < -0.3 is 14.8 Å². The summed E-state index contributed by atoms with van der Waals surface area (Å²) in [5, 5.41) is 2.93. The van der Waals surface area contributed by atoms with Crippen LogP contribution in [-0.4, -0.2) is 22.4 Å². The SMILES string of the molecule is COc1ccc(C(=O)Nc2cc(C)ccc2OCc2cc(=O)n3c4c(sc3n2)CCCC4)cc1. The molecule has 0 bridgehead atoms. The van der Waals surface area contributed by atoms with Crippen LogP contribution in [-0.2, 0) is 19.4 Å². The van der Waals surface area contributed by atoms with Gasteiger partial charge in [-0.1, -0.05) is 6.07 Å². The van der Waals surface area contributed by atoms with Gasteiger partial charge >= 0.3 is 0 Å². The topological polar surface area (TPSA) is 81.9 Å². The number of benzene rings is 2. The second-order valence-electron chi connectivity index (χ2n) is 8.35. The molecule has 0 fully saturated rings. The molecule has 0 unspecified atom stereocenters. The molecule has 7 nitrogen and oxygen atoms in total. The van der Waals surface area contributed by atoms with Gasteiger partial charge in [-0.2, -0.15) is 0 Å². The maximum atomic E-state index is 12.8. The van der Waals surface area contributed by atoms with E-state index < -0.39 is 0 Å². The van der Waals surface area contributed by atoms with Crippen LogP contribution < -0.4 is 20.3 Å². The quantitative estimate of drug-likeness (QED) is 0.434. The summed E-state index contributed by atoms with van der Waals surface area (Å²) in [6.07, 6.45) is 4.19. The first-order valence-corrected chi connectivity index (χ1v) is 12.1. The van der Waals surface area contributed by atoms with Crippen molar-refractivity contribution in [3.8, 4) is 11.5 Å². The highest BCUT2D eigenvalue weighted by atomic mass is 32.1. The average Bonchev–Trinajstić information content (AvgIpc) is 3.22. The van der Waals surface area contributed by atoms with E-state index >= 15 is 0 Å². The Hall–Kier alpha value is -3.65. The molecule has 4 aromatic rings. The Morgan fingerprint density at radius 2 is 1.91 bits per heavy atom. The fraction of sp³-hybridized carbons (Fsp3) is 0.269. The Bertz CT molecular complexity index is 1420. The lowest BCUT2D eigenvalue weighted by atomic mass is 10.0. The van der Waals surface area contributed by atoms with E-state index in [1.807, 2.05) is 25.1 Å². The Labute approximate surface area is 201 Å². The largest absolute Gasteiger partial charge is 0.497 e. The van der Waals surface area contributed by atoms with E-state index in [2.05, 4.69) is 10.3 Å². The zero-order valence-corrected chi connectivity index (χ0v) is 19.9. The lowest BCUT2D eigenvalue weighted by Gasteiger charge is -2.14. The molecule has 1 aliphatic rings. The van der Waals surface area contributed by atoms with Crippen LogP contribution in [0.25, 0.3) is 4.96 Å². The lowest BCUT2D eigenvalue weighted by Crippen LogP contribution is -2.18. The third-order valence-electron chi connectivity index (χ3n) is 5.93. The molecule has 1 aliphatic carbocycles. The van der Waals surface area contributed by atoms with Gasteiger partial charge in [-0.15, -0.1) is 11.3 Å². The highest BCUT2D eigenvalue weighted by molar-refractivity contribution is 7.17. The monoisotopic (exact) mass is 475 g/mol.